The van der Waals surface area contributed by atoms with Crippen molar-refractivity contribution in [2.24, 2.45) is 0 Å². The summed E-state index contributed by atoms with van der Waals surface area (Å²) < 4.78 is 0. The Morgan fingerprint density at radius 2 is 2.00 bits per heavy atom. The molecule has 1 aliphatic rings. The number of hydrogen-bond acceptors (Lipinski definition) is 3. The Kier molecular flexibility index (Phi) is 5.11. The molecule has 1 atom stereocenters. The van der Waals surface area contributed by atoms with Gasteiger partial charge in [-0.3, -0.25) is 14.5 Å². The molecular weight excluding hydrogens is 284 g/mol. The molecule has 2 rings (SSSR count). The topological polar surface area (TPSA) is 82.9 Å². The monoisotopic (exact) mass is 305 g/mol. The van der Waals surface area contributed by atoms with Crippen LogP contribution in [-0.4, -0.2) is 56.5 Å². The van der Waals surface area contributed by atoms with Gasteiger partial charge in [0, 0.05) is 31.3 Å². The van der Waals surface area contributed by atoms with Gasteiger partial charge in [-0.25, -0.2) is 4.79 Å². The van der Waals surface area contributed by atoms with Crippen molar-refractivity contribution in [3.8, 4) is 0 Å². The minimum atomic E-state index is -0.312. The van der Waals surface area contributed by atoms with Crippen molar-refractivity contribution < 1.29 is 19.3 Å². The number of carbonyl (C=O) groups excluding carboxylic acids is 3. The van der Waals surface area contributed by atoms with Gasteiger partial charge < -0.3 is 15.5 Å². The Balaban J connectivity index is 1.88. The van der Waals surface area contributed by atoms with Gasteiger partial charge in [0.1, 0.15) is 6.54 Å². The minimum absolute atomic E-state index is 0.123. The molecule has 1 fully saturated rings. The maximum absolute atomic E-state index is 12.0. The van der Waals surface area contributed by atoms with Gasteiger partial charge in [0.05, 0.1) is 7.05 Å². The van der Waals surface area contributed by atoms with Gasteiger partial charge in [0.15, 0.2) is 6.54 Å². The molecule has 118 valence electrons. The summed E-state index contributed by atoms with van der Waals surface area (Å²) in [7, 11) is 3.49. The van der Waals surface area contributed by atoms with E-state index >= 15 is 0 Å². The quantitative estimate of drug-likeness (QED) is 0.626. The van der Waals surface area contributed by atoms with Crippen LogP contribution in [0.5, 0.6) is 0 Å². The Morgan fingerprint density at radius 1 is 1.32 bits per heavy atom. The SMILES string of the molecule is CNC(=O)c1ccc(C[NH+](C)CC(=O)N2CCNC2=O)cc1. The second-order valence-electron chi connectivity index (χ2n) is 5.36. The van der Waals surface area contributed by atoms with Crippen LogP contribution in [-0.2, 0) is 11.3 Å². The summed E-state index contributed by atoms with van der Waals surface area (Å²) >= 11 is 0. The summed E-state index contributed by atoms with van der Waals surface area (Å²) in [5.74, 6) is -0.294. The minimum Gasteiger partial charge on any atom is -0.355 e. The average molecular weight is 305 g/mol. The lowest BCUT2D eigenvalue weighted by Crippen LogP contribution is -3.08. The third-order valence-electron chi connectivity index (χ3n) is 3.56. The molecule has 22 heavy (non-hydrogen) atoms. The molecule has 1 saturated heterocycles. The van der Waals surface area contributed by atoms with Gasteiger partial charge in [-0.15, -0.1) is 0 Å². The van der Waals surface area contributed by atoms with Crippen molar-refractivity contribution in [2.45, 2.75) is 6.54 Å². The molecule has 7 nitrogen and oxygen atoms in total. The first-order valence-corrected chi connectivity index (χ1v) is 7.21. The fourth-order valence-electron chi connectivity index (χ4n) is 2.39. The molecule has 0 radical (unpaired) electrons. The molecule has 1 heterocycles. The number of amides is 4. The zero-order valence-electron chi connectivity index (χ0n) is 12.8. The molecule has 1 aromatic carbocycles. The molecule has 3 N–H and O–H groups in total. The predicted octanol–water partition coefficient (Wildman–Crippen LogP) is -1.39. The van der Waals surface area contributed by atoms with E-state index in [0.29, 0.717) is 25.2 Å². The summed E-state index contributed by atoms with van der Waals surface area (Å²) in [6.45, 7) is 1.86. The third-order valence-corrected chi connectivity index (χ3v) is 3.56. The van der Waals surface area contributed by atoms with E-state index in [9.17, 15) is 14.4 Å². The normalized spacial score (nSPS) is 15.4. The van der Waals surface area contributed by atoms with Gasteiger partial charge in [-0.2, -0.15) is 0 Å². The van der Waals surface area contributed by atoms with Crippen LogP contribution in [0.1, 0.15) is 15.9 Å². The number of imide groups is 1. The zero-order valence-corrected chi connectivity index (χ0v) is 12.8. The van der Waals surface area contributed by atoms with E-state index in [4.69, 9.17) is 0 Å². The molecule has 0 aromatic heterocycles. The molecule has 0 saturated carbocycles. The first kappa shape index (κ1) is 16.0. The number of nitrogens with zero attached hydrogens (tertiary/aromatic N) is 1. The van der Waals surface area contributed by atoms with Crippen molar-refractivity contribution >= 4 is 17.8 Å². The fraction of sp³-hybridized carbons (Fsp3) is 0.400. The highest BCUT2D eigenvalue weighted by molar-refractivity contribution is 5.96. The van der Waals surface area contributed by atoms with E-state index in [1.807, 2.05) is 19.2 Å². The first-order chi connectivity index (χ1) is 10.5. The smallest absolute Gasteiger partial charge is 0.324 e. The molecular formula is C15H21N4O3+. The van der Waals surface area contributed by atoms with E-state index in [1.165, 1.54) is 4.90 Å². The van der Waals surface area contributed by atoms with E-state index in [1.54, 1.807) is 19.2 Å². The molecule has 1 aliphatic heterocycles. The van der Waals surface area contributed by atoms with E-state index in [2.05, 4.69) is 10.6 Å². The van der Waals surface area contributed by atoms with Gasteiger partial charge in [-0.05, 0) is 12.1 Å². The number of urea groups is 1. The number of rotatable bonds is 5. The number of nitrogens with one attached hydrogen (secondary N) is 3. The van der Waals surface area contributed by atoms with Crippen molar-refractivity contribution in [1.29, 1.82) is 0 Å². The maximum Gasteiger partial charge on any atom is 0.324 e. The summed E-state index contributed by atoms with van der Waals surface area (Å²) in [6.07, 6.45) is 0. The third kappa shape index (κ3) is 3.82. The van der Waals surface area contributed by atoms with Crippen LogP contribution in [0.25, 0.3) is 0 Å². The second kappa shape index (κ2) is 7.04. The lowest BCUT2D eigenvalue weighted by atomic mass is 10.1. The van der Waals surface area contributed by atoms with Crippen LogP contribution < -0.4 is 15.5 Å². The largest absolute Gasteiger partial charge is 0.355 e. The molecule has 1 aromatic rings. The van der Waals surface area contributed by atoms with Crippen molar-refractivity contribution in [3.63, 3.8) is 0 Å². The van der Waals surface area contributed by atoms with Crippen molar-refractivity contribution in [2.75, 3.05) is 33.7 Å². The van der Waals surface area contributed by atoms with Crippen LogP contribution in [0.15, 0.2) is 24.3 Å². The average Bonchev–Trinajstić information content (AvgIpc) is 2.93. The van der Waals surface area contributed by atoms with Gasteiger partial charge in [0.25, 0.3) is 11.8 Å². The van der Waals surface area contributed by atoms with Gasteiger partial charge in [-0.1, -0.05) is 12.1 Å². The molecule has 4 amide bonds. The Hall–Kier alpha value is -2.41. The zero-order chi connectivity index (χ0) is 16.1. The summed E-state index contributed by atoms with van der Waals surface area (Å²) in [4.78, 5) is 37.2. The number of likely N-dealkylation sites (N-methyl/N-ethyl adjacent to an activating group) is 1. The summed E-state index contributed by atoms with van der Waals surface area (Å²) in [6, 6.07) is 6.96. The van der Waals surface area contributed by atoms with E-state index < -0.39 is 0 Å². The Morgan fingerprint density at radius 3 is 2.55 bits per heavy atom. The number of carbonyl (C=O) groups is 3. The molecule has 0 aliphatic carbocycles. The van der Waals surface area contributed by atoms with E-state index in [-0.39, 0.29) is 24.4 Å². The first-order valence-electron chi connectivity index (χ1n) is 7.21. The highest BCUT2D eigenvalue weighted by Crippen LogP contribution is 2.03. The standard InChI is InChI=1S/C15H20N4O3/c1-16-14(21)12-5-3-11(4-6-12)9-18(2)10-13(20)19-8-7-17-15(19)22/h3-6H,7-10H2,1-2H3,(H,16,21)(H,17,22)/p+1. The second-order valence-corrected chi connectivity index (χ2v) is 5.36. The van der Waals surface area contributed by atoms with Gasteiger partial charge in [0.2, 0.25) is 0 Å². The Bertz CT molecular complexity index is 571. The molecule has 1 unspecified atom stereocenters. The highest BCUT2D eigenvalue weighted by atomic mass is 16.2. The maximum atomic E-state index is 12.0. The fourth-order valence-corrected chi connectivity index (χ4v) is 2.39. The summed E-state index contributed by atoms with van der Waals surface area (Å²) in [5.41, 5.74) is 1.64. The lowest BCUT2D eigenvalue weighted by molar-refractivity contribution is -0.885. The molecule has 0 bridgehead atoms. The van der Waals surface area contributed by atoms with Crippen LogP contribution in [0, 0.1) is 0 Å². The number of benzene rings is 1. The number of quaternary nitrogens is 1. The predicted molar refractivity (Wildman–Crippen MR) is 80.4 cm³/mol. The van der Waals surface area contributed by atoms with Gasteiger partial charge >= 0.3 is 6.03 Å². The summed E-state index contributed by atoms with van der Waals surface area (Å²) in [5, 5.41) is 5.19. The van der Waals surface area contributed by atoms with Crippen LogP contribution in [0.3, 0.4) is 0 Å². The highest BCUT2D eigenvalue weighted by Gasteiger charge is 2.28. The molecule has 7 heteroatoms. The number of hydrogen-bond donors (Lipinski definition) is 3. The van der Waals surface area contributed by atoms with E-state index in [0.717, 1.165) is 10.5 Å². The van der Waals surface area contributed by atoms with Crippen LogP contribution in [0.2, 0.25) is 0 Å². The lowest BCUT2D eigenvalue weighted by Gasteiger charge is -2.17. The van der Waals surface area contributed by atoms with Crippen LogP contribution in [0.4, 0.5) is 4.79 Å². The van der Waals surface area contributed by atoms with Crippen LogP contribution >= 0.6 is 0 Å². The molecule has 0 spiro atoms. The van der Waals surface area contributed by atoms with Crippen molar-refractivity contribution in [3.05, 3.63) is 35.4 Å². The Labute approximate surface area is 129 Å². The van der Waals surface area contributed by atoms with Crippen molar-refractivity contribution in [1.82, 2.24) is 15.5 Å².